The second-order valence-electron chi connectivity index (χ2n) is 4.17. The molecule has 18 heavy (non-hydrogen) atoms. The van der Waals surface area contributed by atoms with Gasteiger partial charge in [-0.3, -0.25) is 9.59 Å². The zero-order chi connectivity index (χ0) is 13.3. The van der Waals surface area contributed by atoms with Gasteiger partial charge in [-0.25, -0.2) is 4.98 Å². The predicted octanol–water partition coefficient (Wildman–Crippen LogP) is 1.68. The molecule has 0 radical (unpaired) electrons. The maximum Gasteiger partial charge on any atom is 0.311 e. The number of rotatable bonds is 2. The Hall–Kier alpha value is -1.43. The van der Waals surface area contributed by atoms with Gasteiger partial charge in [0.2, 0.25) is 5.91 Å². The molecule has 5 nitrogen and oxygen atoms in total. The molecule has 0 aromatic carbocycles. The minimum atomic E-state index is -0.384. The summed E-state index contributed by atoms with van der Waals surface area (Å²) in [6.45, 7) is 2.19. The van der Waals surface area contributed by atoms with Crippen molar-refractivity contribution in [3.8, 4) is 0 Å². The fraction of sp³-hybridized carbons (Fsp3) is 0.417. The van der Waals surface area contributed by atoms with Gasteiger partial charge in [0, 0.05) is 13.0 Å². The summed E-state index contributed by atoms with van der Waals surface area (Å²) >= 11 is 3.28. The lowest BCUT2D eigenvalue weighted by Gasteiger charge is -2.18. The van der Waals surface area contributed by atoms with E-state index in [0.717, 1.165) is 16.0 Å². The molecule has 0 bridgehead atoms. The molecule has 2 heterocycles. The number of amides is 1. The first-order chi connectivity index (χ1) is 8.52. The molecule has 0 spiro atoms. The van der Waals surface area contributed by atoms with Crippen LogP contribution in [-0.4, -0.2) is 30.5 Å². The first kappa shape index (κ1) is 13.0. The van der Waals surface area contributed by atoms with E-state index in [9.17, 15) is 9.59 Å². The highest BCUT2D eigenvalue weighted by Gasteiger charge is 2.36. The third-order valence-electron chi connectivity index (χ3n) is 2.97. The van der Waals surface area contributed by atoms with E-state index in [1.54, 1.807) is 11.0 Å². The second kappa shape index (κ2) is 5.06. The van der Waals surface area contributed by atoms with Crippen molar-refractivity contribution in [2.24, 2.45) is 5.92 Å². The Bertz CT molecular complexity index is 504. The van der Waals surface area contributed by atoms with Gasteiger partial charge >= 0.3 is 5.97 Å². The number of aryl methyl sites for hydroxylation is 1. The van der Waals surface area contributed by atoms with Crippen molar-refractivity contribution in [1.29, 1.82) is 0 Å². The molecule has 6 heteroatoms. The van der Waals surface area contributed by atoms with Crippen molar-refractivity contribution in [2.45, 2.75) is 13.3 Å². The number of hydrogen-bond acceptors (Lipinski definition) is 4. The summed E-state index contributed by atoms with van der Waals surface area (Å²) in [6, 6.07) is 3.60. The van der Waals surface area contributed by atoms with E-state index >= 15 is 0 Å². The highest BCUT2D eigenvalue weighted by Crippen LogP contribution is 2.28. The summed E-state index contributed by atoms with van der Waals surface area (Å²) in [5.74, 6) is -0.795. The number of carbonyl (C=O) groups excluding carboxylic acids is 2. The highest BCUT2D eigenvalue weighted by atomic mass is 79.9. The summed E-state index contributed by atoms with van der Waals surface area (Å²) in [5, 5.41) is 0. The molecule has 0 saturated carbocycles. The number of halogens is 1. The molecule has 1 unspecified atom stereocenters. The van der Waals surface area contributed by atoms with Crippen LogP contribution < -0.4 is 4.90 Å². The highest BCUT2D eigenvalue weighted by molar-refractivity contribution is 9.10. The molecule has 2 rings (SSSR count). The second-order valence-corrected chi connectivity index (χ2v) is 4.98. The van der Waals surface area contributed by atoms with Crippen molar-refractivity contribution < 1.29 is 14.3 Å². The van der Waals surface area contributed by atoms with Crippen molar-refractivity contribution in [1.82, 2.24) is 4.98 Å². The summed E-state index contributed by atoms with van der Waals surface area (Å²) < 4.78 is 5.40. The first-order valence-corrected chi connectivity index (χ1v) is 6.33. The molecule has 0 N–H and O–H groups in total. The quantitative estimate of drug-likeness (QED) is 0.616. The van der Waals surface area contributed by atoms with Gasteiger partial charge in [-0.1, -0.05) is 0 Å². The number of carbonyl (C=O) groups is 2. The largest absolute Gasteiger partial charge is 0.469 e. The Morgan fingerprint density at radius 1 is 1.56 bits per heavy atom. The molecule has 1 saturated heterocycles. The molecule has 1 atom stereocenters. The SMILES string of the molecule is COC(=O)C1CC(=O)N(c2ccc(Br)nc2C)C1. The van der Waals surface area contributed by atoms with Crippen LogP contribution >= 0.6 is 15.9 Å². The van der Waals surface area contributed by atoms with Crippen LogP contribution in [-0.2, 0) is 14.3 Å². The van der Waals surface area contributed by atoms with Crippen LogP contribution in [0.25, 0.3) is 0 Å². The lowest BCUT2D eigenvalue weighted by atomic mass is 10.1. The molecule has 1 fully saturated rings. The molecule has 1 aliphatic rings. The van der Waals surface area contributed by atoms with Gasteiger partial charge in [0.15, 0.2) is 0 Å². The zero-order valence-electron chi connectivity index (χ0n) is 10.1. The minimum absolute atomic E-state index is 0.0716. The Kier molecular flexibility index (Phi) is 3.65. The molecule has 96 valence electrons. The van der Waals surface area contributed by atoms with E-state index in [1.165, 1.54) is 7.11 Å². The van der Waals surface area contributed by atoms with Crippen LogP contribution in [0.5, 0.6) is 0 Å². The van der Waals surface area contributed by atoms with E-state index in [2.05, 4.69) is 25.7 Å². The molecule has 1 amide bonds. The van der Waals surface area contributed by atoms with Gasteiger partial charge < -0.3 is 9.64 Å². The lowest BCUT2D eigenvalue weighted by molar-refractivity contribution is -0.145. The number of pyridine rings is 1. The van der Waals surface area contributed by atoms with Crippen LogP contribution in [0.2, 0.25) is 0 Å². The number of methoxy groups -OCH3 is 1. The van der Waals surface area contributed by atoms with Crippen LogP contribution in [0, 0.1) is 12.8 Å². The van der Waals surface area contributed by atoms with E-state index < -0.39 is 0 Å². The zero-order valence-corrected chi connectivity index (χ0v) is 11.7. The average Bonchev–Trinajstić information content (AvgIpc) is 2.70. The molecule has 0 aliphatic carbocycles. The Morgan fingerprint density at radius 3 is 2.89 bits per heavy atom. The fourth-order valence-electron chi connectivity index (χ4n) is 2.07. The van der Waals surface area contributed by atoms with Gasteiger partial charge in [0.05, 0.1) is 24.4 Å². The fourth-order valence-corrected chi connectivity index (χ4v) is 2.47. The summed E-state index contributed by atoms with van der Waals surface area (Å²) in [5.41, 5.74) is 1.50. The number of ether oxygens (including phenoxy) is 1. The Balaban J connectivity index is 2.24. The number of hydrogen-bond donors (Lipinski definition) is 0. The van der Waals surface area contributed by atoms with Crippen molar-refractivity contribution in [3.63, 3.8) is 0 Å². The van der Waals surface area contributed by atoms with E-state index in [1.807, 2.05) is 13.0 Å². The van der Waals surface area contributed by atoms with Crippen LogP contribution in [0.1, 0.15) is 12.1 Å². The summed E-state index contributed by atoms with van der Waals surface area (Å²) in [4.78, 5) is 29.2. The van der Waals surface area contributed by atoms with Crippen LogP contribution in [0.15, 0.2) is 16.7 Å². The molecular formula is C12H13BrN2O3. The Labute approximate surface area is 113 Å². The summed E-state index contributed by atoms with van der Waals surface area (Å²) in [6.07, 6.45) is 0.197. The smallest absolute Gasteiger partial charge is 0.311 e. The van der Waals surface area contributed by atoms with E-state index in [-0.39, 0.29) is 24.2 Å². The van der Waals surface area contributed by atoms with Crippen molar-refractivity contribution in [3.05, 3.63) is 22.4 Å². The van der Waals surface area contributed by atoms with Gasteiger partial charge in [-0.05, 0) is 35.0 Å². The maximum absolute atomic E-state index is 11.9. The number of anilines is 1. The molecule has 1 aromatic heterocycles. The van der Waals surface area contributed by atoms with Gasteiger partial charge in [-0.2, -0.15) is 0 Å². The lowest BCUT2D eigenvalue weighted by Crippen LogP contribution is -2.27. The number of nitrogens with zero attached hydrogens (tertiary/aromatic N) is 2. The third kappa shape index (κ3) is 2.38. The first-order valence-electron chi connectivity index (χ1n) is 5.54. The molecule has 1 aromatic rings. The number of aromatic nitrogens is 1. The molecular weight excluding hydrogens is 300 g/mol. The topological polar surface area (TPSA) is 59.5 Å². The van der Waals surface area contributed by atoms with Crippen molar-refractivity contribution >= 4 is 33.5 Å². The predicted molar refractivity (Wildman–Crippen MR) is 69.2 cm³/mol. The normalized spacial score (nSPS) is 19.2. The van der Waals surface area contributed by atoms with Crippen LogP contribution in [0.4, 0.5) is 5.69 Å². The van der Waals surface area contributed by atoms with Crippen LogP contribution in [0.3, 0.4) is 0 Å². The standard InChI is InChI=1S/C12H13BrN2O3/c1-7-9(3-4-10(13)14-7)15-6-8(5-11(15)16)12(17)18-2/h3-4,8H,5-6H2,1-2H3. The summed E-state index contributed by atoms with van der Waals surface area (Å²) in [7, 11) is 1.34. The van der Waals surface area contributed by atoms with Crippen molar-refractivity contribution in [2.75, 3.05) is 18.6 Å². The minimum Gasteiger partial charge on any atom is -0.469 e. The van der Waals surface area contributed by atoms with E-state index in [0.29, 0.717) is 6.54 Å². The van der Waals surface area contributed by atoms with Gasteiger partial charge in [0.1, 0.15) is 4.60 Å². The molecule has 1 aliphatic heterocycles. The monoisotopic (exact) mass is 312 g/mol. The third-order valence-corrected chi connectivity index (χ3v) is 3.42. The van der Waals surface area contributed by atoms with E-state index in [4.69, 9.17) is 0 Å². The maximum atomic E-state index is 11.9. The number of esters is 1. The van der Waals surface area contributed by atoms with Gasteiger partial charge in [0.25, 0.3) is 0 Å². The Morgan fingerprint density at radius 2 is 2.28 bits per heavy atom. The average molecular weight is 313 g/mol. The van der Waals surface area contributed by atoms with Gasteiger partial charge in [-0.15, -0.1) is 0 Å².